The molecule has 0 unspecified atom stereocenters. The SMILES string of the molecule is Cc1cccc(-c2ncc(C)c(Nc3cnc4[nH]ncc4c3)n2)c1. The zero-order chi connectivity index (χ0) is 16.5. The van der Waals surface area contributed by atoms with Crippen LogP contribution >= 0.6 is 0 Å². The van der Waals surface area contributed by atoms with Gasteiger partial charge in [-0.05, 0) is 26.0 Å². The highest BCUT2D eigenvalue weighted by molar-refractivity contribution is 5.78. The van der Waals surface area contributed by atoms with Crippen molar-refractivity contribution < 1.29 is 0 Å². The van der Waals surface area contributed by atoms with E-state index in [2.05, 4.69) is 49.5 Å². The maximum atomic E-state index is 4.67. The zero-order valence-corrected chi connectivity index (χ0v) is 13.4. The number of nitrogens with zero attached hydrogens (tertiary/aromatic N) is 4. The summed E-state index contributed by atoms with van der Waals surface area (Å²) in [7, 11) is 0. The Labute approximate surface area is 139 Å². The van der Waals surface area contributed by atoms with Gasteiger partial charge in [0.2, 0.25) is 0 Å². The van der Waals surface area contributed by atoms with Crippen LogP contribution in [0.3, 0.4) is 0 Å². The van der Waals surface area contributed by atoms with Gasteiger partial charge in [0.15, 0.2) is 11.5 Å². The summed E-state index contributed by atoms with van der Waals surface area (Å²) in [6, 6.07) is 10.1. The smallest absolute Gasteiger partial charge is 0.161 e. The number of fused-ring (bicyclic) bond motifs is 1. The van der Waals surface area contributed by atoms with E-state index in [1.807, 2.05) is 31.3 Å². The summed E-state index contributed by atoms with van der Waals surface area (Å²) in [6.07, 6.45) is 5.34. The molecular formula is C18H16N6. The van der Waals surface area contributed by atoms with Crippen LogP contribution in [0, 0.1) is 13.8 Å². The number of aromatic amines is 1. The van der Waals surface area contributed by atoms with E-state index >= 15 is 0 Å². The maximum absolute atomic E-state index is 4.67. The van der Waals surface area contributed by atoms with E-state index in [4.69, 9.17) is 0 Å². The van der Waals surface area contributed by atoms with Gasteiger partial charge >= 0.3 is 0 Å². The summed E-state index contributed by atoms with van der Waals surface area (Å²) >= 11 is 0. The van der Waals surface area contributed by atoms with Crippen LogP contribution < -0.4 is 5.32 Å². The highest BCUT2D eigenvalue weighted by Crippen LogP contribution is 2.23. The van der Waals surface area contributed by atoms with E-state index in [9.17, 15) is 0 Å². The molecule has 6 heteroatoms. The Morgan fingerprint density at radius 1 is 1.00 bits per heavy atom. The summed E-state index contributed by atoms with van der Waals surface area (Å²) in [5.41, 5.74) is 4.78. The average molecular weight is 316 g/mol. The molecule has 118 valence electrons. The molecule has 1 aromatic carbocycles. The topological polar surface area (TPSA) is 79.4 Å². The van der Waals surface area contributed by atoms with Crippen LogP contribution in [0.1, 0.15) is 11.1 Å². The lowest BCUT2D eigenvalue weighted by Crippen LogP contribution is -2.00. The Bertz CT molecular complexity index is 1020. The third kappa shape index (κ3) is 2.69. The second-order valence-corrected chi connectivity index (χ2v) is 5.75. The number of hydrogen-bond acceptors (Lipinski definition) is 5. The summed E-state index contributed by atoms with van der Waals surface area (Å²) < 4.78 is 0. The van der Waals surface area contributed by atoms with Crippen LogP contribution in [-0.2, 0) is 0 Å². The van der Waals surface area contributed by atoms with Crippen molar-refractivity contribution in [3.8, 4) is 11.4 Å². The summed E-state index contributed by atoms with van der Waals surface area (Å²) in [5, 5.41) is 11.1. The molecule has 0 saturated heterocycles. The van der Waals surface area contributed by atoms with Crippen LogP contribution in [0.25, 0.3) is 22.4 Å². The maximum Gasteiger partial charge on any atom is 0.161 e. The molecular weight excluding hydrogens is 300 g/mol. The van der Waals surface area contributed by atoms with Crippen molar-refractivity contribution in [1.29, 1.82) is 0 Å². The predicted octanol–water partition coefficient (Wildman–Crippen LogP) is 3.78. The Kier molecular flexibility index (Phi) is 3.42. The van der Waals surface area contributed by atoms with E-state index in [0.29, 0.717) is 5.82 Å². The molecule has 24 heavy (non-hydrogen) atoms. The lowest BCUT2D eigenvalue weighted by Gasteiger charge is -2.10. The van der Waals surface area contributed by atoms with E-state index < -0.39 is 0 Å². The first-order chi connectivity index (χ1) is 11.7. The molecule has 2 N–H and O–H groups in total. The minimum Gasteiger partial charge on any atom is -0.339 e. The molecule has 0 atom stereocenters. The van der Waals surface area contributed by atoms with Crippen molar-refractivity contribution in [3.63, 3.8) is 0 Å². The molecule has 0 amide bonds. The molecule has 0 bridgehead atoms. The number of aryl methyl sites for hydroxylation is 2. The number of H-pyrrole nitrogens is 1. The molecule has 3 aromatic heterocycles. The zero-order valence-electron chi connectivity index (χ0n) is 13.4. The molecule has 0 aliphatic carbocycles. The Hall–Kier alpha value is -3.28. The number of pyridine rings is 1. The molecule has 4 rings (SSSR count). The summed E-state index contributed by atoms with van der Waals surface area (Å²) in [5.74, 6) is 1.47. The number of aromatic nitrogens is 5. The third-order valence-corrected chi connectivity index (χ3v) is 3.80. The van der Waals surface area contributed by atoms with Gasteiger partial charge in [0, 0.05) is 22.7 Å². The van der Waals surface area contributed by atoms with E-state index in [1.165, 1.54) is 5.56 Å². The van der Waals surface area contributed by atoms with Crippen LogP contribution in [0.15, 0.2) is 48.9 Å². The molecule has 0 spiro atoms. The average Bonchev–Trinajstić information content (AvgIpc) is 3.04. The van der Waals surface area contributed by atoms with Crippen LogP contribution in [0.4, 0.5) is 11.5 Å². The highest BCUT2D eigenvalue weighted by atomic mass is 15.1. The first kappa shape index (κ1) is 14.3. The van der Waals surface area contributed by atoms with E-state index in [-0.39, 0.29) is 0 Å². The van der Waals surface area contributed by atoms with Crippen molar-refractivity contribution in [2.45, 2.75) is 13.8 Å². The minimum absolute atomic E-state index is 0.698. The normalized spacial score (nSPS) is 10.9. The Balaban J connectivity index is 1.70. The van der Waals surface area contributed by atoms with E-state index in [0.717, 1.165) is 33.7 Å². The van der Waals surface area contributed by atoms with Gasteiger partial charge < -0.3 is 5.32 Å². The van der Waals surface area contributed by atoms with Crippen molar-refractivity contribution in [3.05, 3.63) is 60.0 Å². The first-order valence-electron chi connectivity index (χ1n) is 7.66. The molecule has 0 saturated carbocycles. The second-order valence-electron chi connectivity index (χ2n) is 5.75. The summed E-state index contributed by atoms with van der Waals surface area (Å²) in [4.78, 5) is 13.5. The molecule has 0 aliphatic rings. The lowest BCUT2D eigenvalue weighted by molar-refractivity contribution is 1.10. The lowest BCUT2D eigenvalue weighted by atomic mass is 10.1. The van der Waals surface area contributed by atoms with Gasteiger partial charge in [-0.15, -0.1) is 0 Å². The van der Waals surface area contributed by atoms with Gasteiger partial charge in [0.1, 0.15) is 5.82 Å². The van der Waals surface area contributed by atoms with Gasteiger partial charge in [-0.1, -0.05) is 23.8 Å². The molecule has 6 nitrogen and oxygen atoms in total. The number of anilines is 2. The number of benzene rings is 1. The van der Waals surface area contributed by atoms with Gasteiger partial charge in [0.05, 0.1) is 18.1 Å². The van der Waals surface area contributed by atoms with Crippen molar-refractivity contribution in [2.75, 3.05) is 5.32 Å². The third-order valence-electron chi connectivity index (χ3n) is 3.80. The molecule has 0 aliphatic heterocycles. The van der Waals surface area contributed by atoms with Gasteiger partial charge in [-0.25, -0.2) is 15.0 Å². The van der Waals surface area contributed by atoms with Crippen molar-refractivity contribution >= 4 is 22.5 Å². The van der Waals surface area contributed by atoms with Crippen LogP contribution in [0.2, 0.25) is 0 Å². The molecule has 0 radical (unpaired) electrons. The Morgan fingerprint density at radius 2 is 1.92 bits per heavy atom. The van der Waals surface area contributed by atoms with Gasteiger partial charge in [-0.2, -0.15) is 5.10 Å². The van der Waals surface area contributed by atoms with Gasteiger partial charge in [-0.3, -0.25) is 5.10 Å². The number of hydrogen-bond donors (Lipinski definition) is 2. The predicted molar refractivity (Wildman–Crippen MR) is 94.1 cm³/mol. The molecule has 4 aromatic rings. The van der Waals surface area contributed by atoms with Crippen molar-refractivity contribution in [1.82, 2.24) is 25.1 Å². The van der Waals surface area contributed by atoms with Crippen LogP contribution in [-0.4, -0.2) is 25.1 Å². The molecule has 0 fully saturated rings. The monoisotopic (exact) mass is 316 g/mol. The fraction of sp³-hybridized carbons (Fsp3) is 0.111. The number of nitrogens with one attached hydrogen (secondary N) is 2. The van der Waals surface area contributed by atoms with Crippen LogP contribution in [0.5, 0.6) is 0 Å². The standard InChI is InChI=1S/C18H16N6/c1-11-4-3-5-13(6-11)17-19-8-12(2)16(23-17)22-15-7-14-9-21-24-18(14)20-10-15/h3-10H,1-2H3,(H,19,22,23)(H,20,21,24). The Morgan fingerprint density at radius 3 is 2.79 bits per heavy atom. The van der Waals surface area contributed by atoms with Gasteiger partial charge in [0.25, 0.3) is 0 Å². The highest BCUT2D eigenvalue weighted by Gasteiger charge is 2.08. The molecule has 3 heterocycles. The first-order valence-corrected chi connectivity index (χ1v) is 7.66. The number of rotatable bonds is 3. The fourth-order valence-corrected chi connectivity index (χ4v) is 2.53. The second kappa shape index (κ2) is 5.73. The fourth-order valence-electron chi connectivity index (χ4n) is 2.53. The quantitative estimate of drug-likeness (QED) is 0.601. The minimum atomic E-state index is 0.698. The van der Waals surface area contributed by atoms with Crippen molar-refractivity contribution in [2.24, 2.45) is 0 Å². The van der Waals surface area contributed by atoms with E-state index in [1.54, 1.807) is 12.4 Å². The summed E-state index contributed by atoms with van der Waals surface area (Å²) in [6.45, 7) is 4.04. The largest absolute Gasteiger partial charge is 0.339 e.